The summed E-state index contributed by atoms with van der Waals surface area (Å²) in [5.74, 6) is 0.186. The van der Waals surface area contributed by atoms with E-state index < -0.39 is 202 Å². The van der Waals surface area contributed by atoms with Crippen LogP contribution in [0.3, 0.4) is 0 Å². The van der Waals surface area contributed by atoms with Gasteiger partial charge in [-0.2, -0.15) is 127 Å². The van der Waals surface area contributed by atoms with Crippen LogP contribution in [0.15, 0.2) is 194 Å². The highest BCUT2D eigenvalue weighted by Gasteiger charge is 2.49. The van der Waals surface area contributed by atoms with E-state index in [0.29, 0.717) is 6.16 Å². The summed E-state index contributed by atoms with van der Waals surface area (Å²) in [7, 11) is -2.12. The number of carbonyl (C=O) groups is 1. The Balaban J connectivity index is 0.000000306. The van der Waals surface area contributed by atoms with Crippen LogP contribution >= 0.6 is 7.26 Å². The van der Waals surface area contributed by atoms with Crippen molar-refractivity contribution in [3.05, 3.63) is 244 Å². The molecule has 27 heteroatoms. The zero-order valence-corrected chi connectivity index (χ0v) is 43.1. The van der Waals surface area contributed by atoms with Crippen molar-refractivity contribution in [1.29, 1.82) is 0 Å². The summed E-state index contributed by atoms with van der Waals surface area (Å²) in [6.45, 7) is 0. The van der Waals surface area contributed by atoms with Gasteiger partial charge in [0.1, 0.15) is 35.5 Å². The predicted octanol–water partition coefficient (Wildman–Crippen LogP) is 16.1. The Kier molecular flexibility index (Phi) is 17.7. The van der Waals surface area contributed by atoms with Crippen LogP contribution in [0.2, 0.25) is 0 Å². The van der Waals surface area contributed by atoms with E-state index in [0.717, 1.165) is 5.56 Å². The fraction of sp³-hybridized carbons (Fsp3) is 0.155. The summed E-state index contributed by atoms with van der Waals surface area (Å²) in [5, 5.41) is 3.70. The Labute approximate surface area is 465 Å². The lowest BCUT2D eigenvalue weighted by atomic mass is 9.12. The van der Waals surface area contributed by atoms with Gasteiger partial charge in [-0.1, -0.05) is 133 Å². The second-order valence-electron chi connectivity index (χ2n) is 19.0. The molecule has 0 saturated carbocycles. The standard InChI is InChI=1S/C32H12BF24.C26H22OP/c34-25(35,36)13-1-14(26(37,38)39)6-21(5-13)33(22-7-15(27(40,41)42)2-16(8-22)28(43,44)45,23-9-17(29(46,47)48)3-18(10-23)30(49,50)51)24-11-19(31(52,53)54)4-20(12-24)32(55,56)57;27-26(22-13-5-1-6-14-22)21-28(23-15-7-2-8-16-23,24-17-9-3-10-18-24)25-19-11-4-12-20-25/h1-12H;1-20H,21H2/q-1;+1. The van der Waals surface area contributed by atoms with Crippen LogP contribution in [0.5, 0.6) is 0 Å². The van der Waals surface area contributed by atoms with E-state index in [2.05, 4.69) is 72.8 Å². The van der Waals surface area contributed by atoms with Crippen molar-refractivity contribution in [2.24, 2.45) is 0 Å². The molecule has 0 aromatic heterocycles. The Morgan fingerprint density at radius 2 is 0.447 bits per heavy atom. The average molecular weight is 1240 g/mol. The molecule has 0 bridgehead atoms. The summed E-state index contributed by atoms with van der Waals surface area (Å²) < 4.78 is 341. The fourth-order valence-electron chi connectivity index (χ4n) is 9.77. The molecule has 0 fully saturated rings. The van der Waals surface area contributed by atoms with E-state index in [-0.39, 0.29) is 5.78 Å². The van der Waals surface area contributed by atoms with Crippen LogP contribution in [-0.4, -0.2) is 18.1 Å². The molecule has 0 radical (unpaired) electrons. The molecular weight excluding hydrogens is 1210 g/mol. The van der Waals surface area contributed by atoms with Crippen LogP contribution in [0.1, 0.15) is 54.9 Å². The zero-order chi connectivity index (χ0) is 63.1. The summed E-state index contributed by atoms with van der Waals surface area (Å²) in [6, 6.07) is 32.4. The number of halogens is 24. The first-order valence-electron chi connectivity index (χ1n) is 24.1. The van der Waals surface area contributed by atoms with Gasteiger partial charge in [-0.25, -0.2) is 0 Å². The molecule has 0 N–H and O–H groups in total. The van der Waals surface area contributed by atoms with E-state index in [1.165, 1.54) is 15.9 Å². The lowest BCUT2D eigenvalue weighted by Gasteiger charge is -2.46. The molecule has 8 aromatic rings. The molecule has 0 atom stereocenters. The zero-order valence-electron chi connectivity index (χ0n) is 42.2. The molecule has 0 amide bonds. The smallest absolute Gasteiger partial charge is 0.290 e. The number of rotatable bonds is 10. The van der Waals surface area contributed by atoms with Crippen LogP contribution in [0.4, 0.5) is 105 Å². The van der Waals surface area contributed by atoms with Gasteiger partial charge in [-0.3, -0.25) is 4.79 Å². The van der Waals surface area contributed by atoms with E-state index >= 15 is 0 Å². The first-order valence-corrected chi connectivity index (χ1v) is 26.0. The number of alkyl halides is 24. The highest BCUT2D eigenvalue weighted by Crippen LogP contribution is 2.55. The third-order valence-corrected chi connectivity index (χ3v) is 17.8. The van der Waals surface area contributed by atoms with Crippen molar-refractivity contribution in [2.75, 3.05) is 6.16 Å². The lowest BCUT2D eigenvalue weighted by Crippen LogP contribution is -2.75. The largest absolute Gasteiger partial charge is 0.416 e. The molecule has 85 heavy (non-hydrogen) atoms. The van der Waals surface area contributed by atoms with Gasteiger partial charge < -0.3 is 0 Å². The van der Waals surface area contributed by atoms with Gasteiger partial charge in [0.05, 0.1) is 44.5 Å². The van der Waals surface area contributed by atoms with Crippen LogP contribution < -0.4 is 37.8 Å². The predicted molar refractivity (Wildman–Crippen MR) is 271 cm³/mol. The highest BCUT2D eigenvalue weighted by atomic mass is 31.2. The minimum Gasteiger partial charge on any atom is -0.290 e. The first kappa shape index (κ1) is 64.8. The molecule has 8 aromatic carbocycles. The molecule has 0 aliphatic carbocycles. The van der Waals surface area contributed by atoms with Crippen LogP contribution in [0.25, 0.3) is 0 Å². The van der Waals surface area contributed by atoms with Gasteiger partial charge in [-0.05, 0) is 60.7 Å². The Bertz CT molecular complexity index is 3110. The Morgan fingerprint density at radius 3 is 0.624 bits per heavy atom. The molecule has 0 aliphatic heterocycles. The van der Waals surface area contributed by atoms with Crippen molar-refractivity contribution in [3.63, 3.8) is 0 Å². The average Bonchev–Trinajstić information content (AvgIpc) is 1.59. The number of hydrogen-bond acceptors (Lipinski definition) is 1. The molecule has 0 unspecified atom stereocenters. The topological polar surface area (TPSA) is 17.1 Å². The van der Waals surface area contributed by atoms with E-state index in [4.69, 9.17) is 0 Å². The molecular formula is C58H34BF24OP. The minimum atomic E-state index is -6.13. The molecule has 1 nitrogen and oxygen atoms in total. The van der Waals surface area contributed by atoms with E-state index in [1.54, 1.807) is 0 Å². The maximum Gasteiger partial charge on any atom is 0.416 e. The van der Waals surface area contributed by atoms with Gasteiger partial charge in [0.25, 0.3) is 0 Å². The van der Waals surface area contributed by atoms with Gasteiger partial charge >= 0.3 is 49.4 Å². The SMILES string of the molecule is FC(F)(F)c1cc([B-](c2cc(C(F)(F)F)cc(C(F)(F)F)c2)(c2cc(C(F)(F)F)cc(C(F)(F)F)c2)c2cc(C(F)(F)F)cc(C(F)(F)F)c2)cc(C(F)(F)F)c1.O=C(C[P+](c1ccccc1)(c1ccccc1)c1ccccc1)c1ccccc1. The second-order valence-corrected chi connectivity index (χ2v) is 22.5. The van der Waals surface area contributed by atoms with Crippen molar-refractivity contribution in [2.45, 2.75) is 49.4 Å². The molecule has 0 spiro atoms. The first-order chi connectivity index (χ1) is 39.1. The third kappa shape index (κ3) is 14.3. The number of hydrogen-bond donors (Lipinski definition) is 0. The van der Waals surface area contributed by atoms with Gasteiger partial charge in [0, 0.05) is 5.56 Å². The van der Waals surface area contributed by atoms with Crippen LogP contribution in [-0.2, 0) is 49.4 Å². The fourth-order valence-corrected chi connectivity index (χ4v) is 13.9. The summed E-state index contributed by atoms with van der Waals surface area (Å²) in [5.41, 5.74) is -29.4. The number of benzene rings is 8. The molecule has 0 heterocycles. The lowest BCUT2D eigenvalue weighted by molar-refractivity contribution is -0.144. The van der Waals surface area contributed by atoms with Gasteiger partial charge in [-0.15, -0.1) is 0 Å². The molecule has 448 valence electrons. The Morgan fingerprint density at radius 1 is 0.271 bits per heavy atom. The monoisotopic (exact) mass is 1240 g/mol. The highest BCUT2D eigenvalue weighted by molar-refractivity contribution is 7.96. The van der Waals surface area contributed by atoms with Gasteiger partial charge in [0.15, 0.2) is 0 Å². The second kappa shape index (κ2) is 23.3. The van der Waals surface area contributed by atoms with Crippen molar-refractivity contribution in [3.8, 4) is 0 Å². The summed E-state index contributed by atoms with van der Waals surface area (Å²) >= 11 is 0. The van der Waals surface area contributed by atoms with Gasteiger partial charge in [0.2, 0.25) is 5.78 Å². The van der Waals surface area contributed by atoms with Crippen LogP contribution in [0, 0.1) is 0 Å². The molecule has 0 saturated heterocycles. The quantitative estimate of drug-likeness (QED) is 0.0577. The molecule has 8 rings (SSSR count). The number of ketones is 1. The maximum absolute atomic E-state index is 14.2. The summed E-state index contributed by atoms with van der Waals surface area (Å²) in [4.78, 5) is 13.4. The minimum absolute atomic E-state index is 0.186. The number of carbonyl (C=O) groups excluding carboxylic acids is 1. The number of Topliss-reactive ketones (excluding diaryl/α,β-unsaturated/α-hetero) is 1. The van der Waals surface area contributed by atoms with Crippen molar-refractivity contribution >= 4 is 57.0 Å². The summed E-state index contributed by atoms with van der Waals surface area (Å²) in [6.07, 6.45) is -54.3. The molecule has 0 aliphatic rings. The van der Waals surface area contributed by atoms with E-state index in [1.807, 2.05) is 48.5 Å². The van der Waals surface area contributed by atoms with E-state index in [9.17, 15) is 110 Å². The Hall–Kier alpha value is -7.76. The van der Waals surface area contributed by atoms with Crippen molar-refractivity contribution in [1.82, 2.24) is 0 Å². The normalized spacial score (nSPS) is 13.3. The third-order valence-electron chi connectivity index (χ3n) is 13.5. The maximum atomic E-state index is 14.2. The van der Waals surface area contributed by atoms with Crippen molar-refractivity contribution < 1.29 is 110 Å².